The zero-order valence-corrected chi connectivity index (χ0v) is 13.2. The lowest BCUT2D eigenvalue weighted by Crippen LogP contribution is -2.55. The highest BCUT2D eigenvalue weighted by Gasteiger charge is 2.25. The van der Waals surface area contributed by atoms with Gasteiger partial charge in [-0.15, -0.1) is 12.4 Å². The van der Waals surface area contributed by atoms with Gasteiger partial charge in [0, 0.05) is 6.42 Å². The predicted molar refractivity (Wildman–Crippen MR) is 86.6 cm³/mol. The fraction of sp³-hybridized carbons (Fsp3) is 0.357. The van der Waals surface area contributed by atoms with Crippen LogP contribution in [0, 0.1) is 0 Å². The third kappa shape index (κ3) is 7.09. The number of hydrogen-bond donors (Lipinski definition) is 5. The van der Waals surface area contributed by atoms with E-state index in [1.807, 2.05) is 6.07 Å². The minimum Gasteiger partial charge on any atom is -0.394 e. The van der Waals surface area contributed by atoms with Crippen molar-refractivity contribution < 1.29 is 19.5 Å². The van der Waals surface area contributed by atoms with Gasteiger partial charge in [-0.25, -0.2) is 0 Å². The molecule has 0 bridgehead atoms. The van der Waals surface area contributed by atoms with Crippen molar-refractivity contribution in [2.24, 2.45) is 11.5 Å². The lowest BCUT2D eigenvalue weighted by Gasteiger charge is -2.21. The van der Waals surface area contributed by atoms with Crippen molar-refractivity contribution in [3.63, 3.8) is 0 Å². The van der Waals surface area contributed by atoms with Gasteiger partial charge >= 0.3 is 0 Å². The second-order valence-electron chi connectivity index (χ2n) is 4.66. The maximum atomic E-state index is 12.2. The zero-order valence-electron chi connectivity index (χ0n) is 12.4. The molecule has 0 fully saturated rings. The monoisotopic (exact) mass is 344 g/mol. The third-order valence-corrected chi connectivity index (χ3v) is 2.96. The first-order valence-corrected chi connectivity index (χ1v) is 6.71. The molecular formula is C14H21ClN4O4. The molecule has 128 valence electrons. The molecule has 8 nitrogen and oxygen atoms in total. The number of hydrogen-bond acceptors (Lipinski definition) is 5. The van der Waals surface area contributed by atoms with Crippen LogP contribution in [-0.4, -0.2) is 48.1 Å². The van der Waals surface area contributed by atoms with Crippen LogP contribution in [0.1, 0.15) is 5.56 Å². The lowest BCUT2D eigenvalue weighted by atomic mass is 10.0. The second-order valence-corrected chi connectivity index (χ2v) is 4.66. The van der Waals surface area contributed by atoms with E-state index in [0.29, 0.717) is 0 Å². The molecule has 0 heterocycles. The molecule has 1 aromatic rings. The van der Waals surface area contributed by atoms with Crippen LogP contribution >= 0.6 is 12.4 Å². The topological polar surface area (TPSA) is 148 Å². The van der Waals surface area contributed by atoms with E-state index in [1.165, 1.54) is 0 Å². The summed E-state index contributed by atoms with van der Waals surface area (Å²) in [5, 5.41) is 13.8. The molecule has 0 saturated heterocycles. The van der Waals surface area contributed by atoms with Gasteiger partial charge in [-0.1, -0.05) is 30.3 Å². The van der Waals surface area contributed by atoms with Crippen LogP contribution in [0.4, 0.5) is 0 Å². The summed E-state index contributed by atoms with van der Waals surface area (Å²) in [6.07, 6.45) is 0.218. The summed E-state index contributed by atoms with van der Waals surface area (Å²) in [4.78, 5) is 34.7. The Labute approximate surface area is 140 Å². The van der Waals surface area contributed by atoms with Crippen molar-refractivity contribution in [3.8, 4) is 0 Å². The van der Waals surface area contributed by atoms with Gasteiger partial charge in [0.15, 0.2) is 0 Å². The van der Waals surface area contributed by atoms with Gasteiger partial charge in [0.2, 0.25) is 17.7 Å². The molecule has 0 aliphatic rings. The molecule has 0 spiro atoms. The van der Waals surface area contributed by atoms with Gasteiger partial charge < -0.3 is 27.2 Å². The largest absolute Gasteiger partial charge is 0.394 e. The van der Waals surface area contributed by atoms with E-state index in [2.05, 4.69) is 10.6 Å². The number of nitrogens with one attached hydrogen (secondary N) is 2. The van der Waals surface area contributed by atoms with Gasteiger partial charge in [0.1, 0.15) is 12.1 Å². The van der Waals surface area contributed by atoms with Crippen molar-refractivity contribution in [2.45, 2.75) is 18.5 Å². The van der Waals surface area contributed by atoms with E-state index >= 15 is 0 Å². The van der Waals surface area contributed by atoms with E-state index in [-0.39, 0.29) is 25.4 Å². The summed E-state index contributed by atoms with van der Waals surface area (Å²) < 4.78 is 0. The van der Waals surface area contributed by atoms with Gasteiger partial charge in [-0.3, -0.25) is 14.4 Å². The van der Waals surface area contributed by atoms with Crippen LogP contribution < -0.4 is 22.1 Å². The van der Waals surface area contributed by atoms with Gasteiger partial charge in [0.25, 0.3) is 0 Å². The van der Waals surface area contributed by atoms with Crippen LogP contribution in [0.2, 0.25) is 0 Å². The summed E-state index contributed by atoms with van der Waals surface area (Å²) >= 11 is 0. The number of carbonyl (C=O) groups excluding carboxylic acids is 3. The molecule has 3 amide bonds. The molecule has 1 rings (SSSR count). The third-order valence-electron chi connectivity index (χ3n) is 2.96. The van der Waals surface area contributed by atoms with Crippen molar-refractivity contribution >= 4 is 30.1 Å². The Hall–Kier alpha value is -2.16. The Morgan fingerprint density at radius 3 is 2.17 bits per heavy atom. The molecule has 0 aliphatic carbocycles. The summed E-state index contributed by atoms with van der Waals surface area (Å²) in [5.74, 6) is -1.99. The highest BCUT2D eigenvalue weighted by molar-refractivity contribution is 5.92. The molecule has 7 N–H and O–H groups in total. The fourth-order valence-corrected chi connectivity index (χ4v) is 1.79. The maximum absolute atomic E-state index is 12.2. The van der Waals surface area contributed by atoms with E-state index < -0.39 is 36.4 Å². The van der Waals surface area contributed by atoms with Crippen molar-refractivity contribution in [3.05, 3.63) is 35.9 Å². The van der Waals surface area contributed by atoms with Crippen LogP contribution in [0.25, 0.3) is 0 Å². The molecule has 1 aromatic carbocycles. The number of halogens is 1. The average Bonchev–Trinajstić information content (AvgIpc) is 2.52. The Bertz CT molecular complexity index is 527. The number of aliphatic hydroxyl groups is 1. The maximum Gasteiger partial charge on any atom is 0.243 e. The second kappa shape index (κ2) is 10.5. The van der Waals surface area contributed by atoms with E-state index in [0.717, 1.165) is 5.56 Å². The lowest BCUT2D eigenvalue weighted by molar-refractivity contribution is -0.131. The minimum atomic E-state index is -1.21. The van der Waals surface area contributed by atoms with Crippen molar-refractivity contribution in [2.75, 3.05) is 13.2 Å². The summed E-state index contributed by atoms with van der Waals surface area (Å²) in [5.41, 5.74) is 11.1. The van der Waals surface area contributed by atoms with E-state index in [4.69, 9.17) is 16.6 Å². The quantitative estimate of drug-likeness (QED) is 0.372. The normalized spacial score (nSPS) is 12.4. The summed E-state index contributed by atoms with van der Waals surface area (Å²) in [7, 11) is 0. The average molecular weight is 345 g/mol. The number of primary amides is 1. The molecule has 0 saturated carbocycles. The molecular weight excluding hydrogens is 324 g/mol. The van der Waals surface area contributed by atoms with Crippen LogP contribution in [-0.2, 0) is 20.8 Å². The number of nitrogens with two attached hydrogens (primary N) is 2. The molecule has 0 aromatic heterocycles. The summed E-state index contributed by atoms with van der Waals surface area (Å²) in [6.45, 7) is -0.887. The molecule has 9 heteroatoms. The number of rotatable bonds is 8. The number of aliphatic hydroxyl groups excluding tert-OH is 1. The first kappa shape index (κ1) is 20.8. The number of benzene rings is 1. The fourth-order valence-electron chi connectivity index (χ4n) is 1.79. The van der Waals surface area contributed by atoms with Gasteiger partial charge in [0.05, 0.1) is 13.2 Å². The Kier molecular flexibility index (Phi) is 9.56. The van der Waals surface area contributed by atoms with Crippen LogP contribution in [0.5, 0.6) is 0 Å². The molecule has 0 radical (unpaired) electrons. The molecule has 23 heavy (non-hydrogen) atoms. The molecule has 2 atom stereocenters. The highest BCUT2D eigenvalue weighted by atomic mass is 35.5. The summed E-state index contributed by atoms with van der Waals surface area (Å²) in [6, 6.07) is 6.89. The first-order valence-electron chi connectivity index (χ1n) is 6.71. The molecule has 0 unspecified atom stereocenters. The van der Waals surface area contributed by atoms with Crippen molar-refractivity contribution in [1.29, 1.82) is 0 Å². The zero-order chi connectivity index (χ0) is 16.5. The van der Waals surface area contributed by atoms with E-state index in [9.17, 15) is 14.4 Å². The van der Waals surface area contributed by atoms with Crippen LogP contribution in [0.15, 0.2) is 30.3 Å². The Balaban J connectivity index is 0.00000484. The van der Waals surface area contributed by atoms with Gasteiger partial charge in [-0.05, 0) is 5.56 Å². The van der Waals surface area contributed by atoms with Crippen molar-refractivity contribution in [1.82, 2.24) is 10.6 Å². The Morgan fingerprint density at radius 1 is 1.09 bits per heavy atom. The SMILES string of the molecule is Cl.NCC(=O)N[C@@H](Cc1ccccc1)C(=O)N[C@@H](CO)C(N)=O. The Morgan fingerprint density at radius 2 is 1.70 bits per heavy atom. The highest BCUT2D eigenvalue weighted by Crippen LogP contribution is 2.04. The van der Waals surface area contributed by atoms with E-state index in [1.54, 1.807) is 24.3 Å². The standard InChI is InChI=1S/C14H20N4O4.ClH/c15-7-12(20)17-10(6-9-4-2-1-3-5-9)14(22)18-11(8-19)13(16)21;/h1-5,10-11,19H,6-8,15H2,(H2,16,21)(H,17,20)(H,18,22);1H/t10-,11-;/m0./s1. The van der Waals surface area contributed by atoms with Crippen LogP contribution in [0.3, 0.4) is 0 Å². The van der Waals surface area contributed by atoms with Gasteiger partial charge in [-0.2, -0.15) is 0 Å². The number of carbonyl (C=O) groups is 3. The molecule has 0 aliphatic heterocycles. The smallest absolute Gasteiger partial charge is 0.243 e. The predicted octanol–water partition coefficient (Wildman–Crippen LogP) is -1.94. The minimum absolute atomic E-state index is 0. The first-order chi connectivity index (χ1) is 10.5. The number of amides is 3.